The molecule has 1 spiro atoms. The number of thiophene rings is 1. The molecule has 1 unspecified atom stereocenters. The van der Waals surface area contributed by atoms with Gasteiger partial charge in [-0.05, 0) is 67.1 Å². The minimum Gasteiger partial charge on any atom is -0.369 e. The first-order chi connectivity index (χ1) is 19.8. The zero-order valence-electron chi connectivity index (χ0n) is 23.1. The normalized spacial score (nSPS) is 18.0. The van der Waals surface area contributed by atoms with E-state index in [1.165, 1.54) is 11.3 Å². The van der Waals surface area contributed by atoms with Crippen molar-refractivity contribution in [3.8, 4) is 0 Å². The van der Waals surface area contributed by atoms with E-state index < -0.39 is 33.1 Å². The maximum absolute atomic E-state index is 14.1. The summed E-state index contributed by atoms with van der Waals surface area (Å²) in [7, 11) is -3.29. The van der Waals surface area contributed by atoms with Crippen molar-refractivity contribution in [3.63, 3.8) is 0 Å². The molecule has 0 saturated carbocycles. The number of aromatic nitrogens is 1. The number of pyridine rings is 1. The number of alkyl halides is 3. The second-order valence-corrected chi connectivity index (χ2v) is 13.9. The number of hydrogen-bond acceptors (Lipinski definition) is 7. The van der Waals surface area contributed by atoms with Gasteiger partial charge in [0.15, 0.2) is 21.3 Å². The van der Waals surface area contributed by atoms with Crippen LogP contribution >= 0.6 is 11.3 Å². The van der Waals surface area contributed by atoms with Crippen LogP contribution in [0.15, 0.2) is 47.5 Å². The molecule has 2 aromatic heterocycles. The van der Waals surface area contributed by atoms with Crippen molar-refractivity contribution in [1.82, 2.24) is 15.2 Å². The van der Waals surface area contributed by atoms with Gasteiger partial charge in [0.2, 0.25) is 0 Å². The van der Waals surface area contributed by atoms with Crippen LogP contribution in [-0.4, -0.2) is 49.7 Å². The average molecular weight is 626 g/mol. The fourth-order valence-electron chi connectivity index (χ4n) is 5.53. The van der Waals surface area contributed by atoms with E-state index in [2.05, 4.69) is 15.2 Å². The number of rotatable bonds is 7. The topological polar surface area (TPSA) is 88.6 Å². The zero-order chi connectivity index (χ0) is 30.3. The number of amides is 1. The molecule has 226 valence electrons. The van der Waals surface area contributed by atoms with Gasteiger partial charge in [-0.2, -0.15) is 13.2 Å². The maximum Gasteiger partial charge on any atom is 0.436 e. The summed E-state index contributed by atoms with van der Waals surface area (Å²) >= 11 is 1.40. The van der Waals surface area contributed by atoms with Crippen molar-refractivity contribution >= 4 is 27.1 Å². The Morgan fingerprint density at radius 3 is 2.50 bits per heavy atom. The van der Waals surface area contributed by atoms with Crippen LogP contribution in [0.25, 0.3) is 0 Å². The molecule has 1 saturated heterocycles. The van der Waals surface area contributed by atoms with E-state index >= 15 is 0 Å². The quantitative estimate of drug-likeness (QED) is 0.342. The highest BCUT2D eigenvalue weighted by atomic mass is 32.2. The maximum atomic E-state index is 14.1. The van der Waals surface area contributed by atoms with E-state index in [1.54, 1.807) is 31.2 Å². The molecule has 1 aromatic carbocycles. The van der Waals surface area contributed by atoms with Gasteiger partial charge in [-0.3, -0.25) is 9.69 Å². The first kappa shape index (κ1) is 30.6. The lowest BCUT2D eigenvalue weighted by atomic mass is 9.84. The van der Waals surface area contributed by atoms with Crippen LogP contribution in [-0.2, 0) is 39.3 Å². The van der Waals surface area contributed by atoms with Gasteiger partial charge in [-0.15, -0.1) is 11.3 Å². The first-order valence-corrected chi connectivity index (χ1v) is 16.1. The Labute approximate surface area is 245 Å². The Hall–Kier alpha value is -2.87. The van der Waals surface area contributed by atoms with E-state index in [0.717, 1.165) is 28.3 Å². The molecule has 2 aliphatic heterocycles. The Morgan fingerprint density at radius 2 is 1.88 bits per heavy atom. The van der Waals surface area contributed by atoms with Gasteiger partial charge in [0.05, 0.1) is 22.1 Å². The molecule has 42 heavy (non-hydrogen) atoms. The fraction of sp³-hybridized carbons (Fsp3) is 0.448. The lowest BCUT2D eigenvalue weighted by Crippen LogP contribution is -2.46. The van der Waals surface area contributed by atoms with Gasteiger partial charge < -0.3 is 10.1 Å². The number of hydrogen-bond donors (Lipinski definition) is 1. The predicted molar refractivity (Wildman–Crippen MR) is 149 cm³/mol. The van der Waals surface area contributed by atoms with Gasteiger partial charge in [0.25, 0.3) is 5.91 Å². The van der Waals surface area contributed by atoms with E-state index in [1.807, 2.05) is 13.0 Å². The molecule has 1 N–H and O–H groups in total. The van der Waals surface area contributed by atoms with Crippen LogP contribution in [0.4, 0.5) is 17.6 Å². The number of piperidine rings is 1. The third-order valence-electron chi connectivity index (χ3n) is 8.08. The van der Waals surface area contributed by atoms with E-state index in [0.29, 0.717) is 49.4 Å². The number of fused-ring (bicyclic) bond motifs is 2. The molecular formula is C29H31F4N3O4S2. The van der Waals surface area contributed by atoms with Crippen LogP contribution in [0.5, 0.6) is 0 Å². The summed E-state index contributed by atoms with van der Waals surface area (Å²) in [5, 5.41) is 2.91. The van der Waals surface area contributed by atoms with Crippen molar-refractivity contribution in [2.75, 3.05) is 25.4 Å². The lowest BCUT2D eigenvalue weighted by Gasteiger charge is -2.45. The molecule has 0 bridgehead atoms. The lowest BCUT2D eigenvalue weighted by molar-refractivity contribution is -0.143. The molecular weight excluding hydrogens is 594 g/mol. The van der Waals surface area contributed by atoms with E-state index in [4.69, 9.17) is 4.74 Å². The third-order valence-corrected chi connectivity index (χ3v) is 11.2. The van der Waals surface area contributed by atoms with Crippen molar-refractivity contribution in [3.05, 3.63) is 80.6 Å². The second kappa shape index (κ2) is 11.7. The van der Waals surface area contributed by atoms with E-state index in [9.17, 15) is 30.8 Å². The standard InChI is InChI=1S/C29H31F4N3O4S2/c1-3-42(38,39)22-6-4-19(5-7-22)16-35-27(37)24-15-20-8-13-40-28(26(20)41-24)9-11-36(12-10-28)18(2)21-14-23(30)25(34-17-21)29(31,32)33/h4-7,14-15,17-18H,3,8-13,16H2,1-2H3,(H,35,37). The number of sulfone groups is 1. The summed E-state index contributed by atoms with van der Waals surface area (Å²) in [5.41, 5.74) is 0.151. The zero-order valence-corrected chi connectivity index (χ0v) is 24.8. The molecule has 0 radical (unpaired) electrons. The molecule has 4 heterocycles. The van der Waals surface area contributed by atoms with Crippen molar-refractivity contribution in [2.24, 2.45) is 0 Å². The molecule has 3 aromatic rings. The summed E-state index contributed by atoms with van der Waals surface area (Å²) in [6.07, 6.45) is -1.83. The fourth-order valence-corrected chi connectivity index (χ4v) is 7.74. The highest BCUT2D eigenvalue weighted by Crippen LogP contribution is 2.46. The van der Waals surface area contributed by atoms with Crippen molar-refractivity contribution in [2.45, 2.75) is 62.4 Å². The van der Waals surface area contributed by atoms with Crippen LogP contribution in [0.2, 0.25) is 0 Å². The average Bonchev–Trinajstić information content (AvgIpc) is 3.42. The summed E-state index contributed by atoms with van der Waals surface area (Å²) in [6.45, 7) is 5.33. The van der Waals surface area contributed by atoms with Crippen LogP contribution in [0.1, 0.15) is 69.7 Å². The van der Waals surface area contributed by atoms with Crippen LogP contribution < -0.4 is 5.32 Å². The largest absolute Gasteiger partial charge is 0.436 e. The SMILES string of the molecule is CCS(=O)(=O)c1ccc(CNC(=O)c2cc3c(s2)C2(CCN(C(C)c4cnc(C(F)(F)F)c(F)c4)CC2)OCC3)cc1. The second-order valence-electron chi connectivity index (χ2n) is 10.6. The van der Waals surface area contributed by atoms with Gasteiger partial charge >= 0.3 is 6.18 Å². The summed E-state index contributed by atoms with van der Waals surface area (Å²) in [6, 6.07) is 8.94. The van der Waals surface area contributed by atoms with Crippen molar-refractivity contribution in [1.29, 1.82) is 0 Å². The molecule has 0 aliphatic carbocycles. The molecule has 13 heteroatoms. The highest BCUT2D eigenvalue weighted by Gasteiger charge is 2.44. The molecule has 2 aliphatic rings. The number of carbonyl (C=O) groups is 1. The Morgan fingerprint density at radius 1 is 1.19 bits per heavy atom. The molecule has 1 fully saturated rings. The number of likely N-dealkylation sites (tertiary alicyclic amines) is 1. The first-order valence-electron chi connectivity index (χ1n) is 13.7. The Bertz CT molecular complexity index is 1560. The smallest absolute Gasteiger partial charge is 0.369 e. The molecule has 1 amide bonds. The minimum absolute atomic E-state index is 0.0189. The van der Waals surface area contributed by atoms with Gasteiger partial charge in [-0.1, -0.05) is 19.1 Å². The van der Waals surface area contributed by atoms with Gasteiger partial charge in [0, 0.05) is 36.8 Å². The minimum atomic E-state index is -4.85. The summed E-state index contributed by atoms with van der Waals surface area (Å²) in [4.78, 5) is 20.3. The Balaban J connectivity index is 1.24. The number of nitrogens with zero attached hydrogens (tertiary/aromatic N) is 2. The van der Waals surface area contributed by atoms with Crippen LogP contribution in [0.3, 0.4) is 0 Å². The molecule has 7 nitrogen and oxygen atoms in total. The number of ether oxygens (including phenoxy) is 1. The van der Waals surface area contributed by atoms with Gasteiger partial charge in [0.1, 0.15) is 5.60 Å². The molecule has 5 rings (SSSR count). The van der Waals surface area contributed by atoms with Crippen molar-refractivity contribution < 1.29 is 35.5 Å². The highest BCUT2D eigenvalue weighted by molar-refractivity contribution is 7.91. The number of carbonyl (C=O) groups excluding carboxylic acids is 1. The van der Waals surface area contributed by atoms with E-state index in [-0.39, 0.29) is 29.1 Å². The molecule has 1 atom stereocenters. The predicted octanol–water partition coefficient (Wildman–Crippen LogP) is 5.65. The Kier molecular flexibility index (Phi) is 8.49. The number of halogens is 4. The third kappa shape index (κ3) is 6.10. The number of benzene rings is 1. The number of nitrogens with one attached hydrogen (secondary N) is 1. The summed E-state index contributed by atoms with van der Waals surface area (Å²) < 4.78 is 83.3. The summed E-state index contributed by atoms with van der Waals surface area (Å²) in [5.74, 6) is -1.59. The monoisotopic (exact) mass is 625 g/mol. The van der Waals surface area contributed by atoms with Gasteiger partial charge in [-0.25, -0.2) is 17.8 Å². The van der Waals surface area contributed by atoms with Crippen LogP contribution in [0, 0.1) is 5.82 Å².